The smallest absolute Gasteiger partial charge is 0.320 e. The number of carbonyl (C=O) groups is 2. The monoisotopic (exact) mass is 247 g/mol. The normalized spacial score (nSPS) is 14.6. The molecule has 0 aromatic heterocycles. The quantitative estimate of drug-likeness (QED) is 0.818. The SMILES string of the molecule is CCN(C)C(=O)N1CC(=O)Nc2ccccc2C1. The second kappa shape index (κ2) is 5.08. The molecule has 5 nitrogen and oxygen atoms in total. The van der Waals surface area contributed by atoms with Crippen LogP contribution in [0.5, 0.6) is 0 Å². The molecule has 5 heteroatoms. The summed E-state index contributed by atoms with van der Waals surface area (Å²) in [5.41, 5.74) is 1.75. The van der Waals surface area contributed by atoms with E-state index in [2.05, 4.69) is 5.32 Å². The van der Waals surface area contributed by atoms with E-state index >= 15 is 0 Å². The molecule has 0 spiro atoms. The van der Waals surface area contributed by atoms with Crippen LogP contribution in [0, 0.1) is 0 Å². The number of amides is 3. The maximum Gasteiger partial charge on any atom is 0.320 e. The summed E-state index contributed by atoms with van der Waals surface area (Å²) in [5.74, 6) is -0.155. The second-order valence-electron chi connectivity index (χ2n) is 4.36. The predicted molar refractivity (Wildman–Crippen MR) is 69.2 cm³/mol. The van der Waals surface area contributed by atoms with Crippen LogP contribution in [0.1, 0.15) is 12.5 Å². The molecule has 3 amide bonds. The van der Waals surface area contributed by atoms with Crippen molar-refractivity contribution in [1.29, 1.82) is 0 Å². The van der Waals surface area contributed by atoms with E-state index in [1.807, 2.05) is 31.2 Å². The molecule has 1 heterocycles. The van der Waals surface area contributed by atoms with Crippen LogP contribution in [0.15, 0.2) is 24.3 Å². The van der Waals surface area contributed by atoms with Gasteiger partial charge in [-0.05, 0) is 18.6 Å². The second-order valence-corrected chi connectivity index (χ2v) is 4.36. The number of hydrogen-bond donors (Lipinski definition) is 1. The van der Waals surface area contributed by atoms with Crippen molar-refractivity contribution in [3.05, 3.63) is 29.8 Å². The molecule has 0 radical (unpaired) electrons. The lowest BCUT2D eigenvalue weighted by Crippen LogP contribution is -2.43. The minimum atomic E-state index is -0.155. The maximum atomic E-state index is 12.1. The zero-order valence-corrected chi connectivity index (χ0v) is 10.6. The van der Waals surface area contributed by atoms with Gasteiger partial charge in [0.25, 0.3) is 0 Å². The summed E-state index contributed by atoms with van der Waals surface area (Å²) in [4.78, 5) is 27.0. The summed E-state index contributed by atoms with van der Waals surface area (Å²) >= 11 is 0. The number of urea groups is 1. The van der Waals surface area contributed by atoms with Crippen LogP contribution in [0.25, 0.3) is 0 Å². The van der Waals surface area contributed by atoms with Gasteiger partial charge >= 0.3 is 6.03 Å². The minimum absolute atomic E-state index is 0.0951. The third-order valence-electron chi connectivity index (χ3n) is 3.06. The Hall–Kier alpha value is -2.04. The number of nitrogens with zero attached hydrogens (tertiary/aromatic N) is 2. The Bertz CT molecular complexity index is 473. The van der Waals surface area contributed by atoms with Crippen LogP contribution in [-0.2, 0) is 11.3 Å². The number of carbonyl (C=O) groups excluding carboxylic acids is 2. The topological polar surface area (TPSA) is 52.7 Å². The molecule has 1 aromatic carbocycles. The number of para-hydroxylation sites is 1. The van der Waals surface area contributed by atoms with Gasteiger partial charge in [-0.2, -0.15) is 0 Å². The number of rotatable bonds is 1. The first-order chi connectivity index (χ1) is 8.61. The zero-order valence-electron chi connectivity index (χ0n) is 10.6. The van der Waals surface area contributed by atoms with Crippen molar-refractivity contribution in [2.75, 3.05) is 25.5 Å². The van der Waals surface area contributed by atoms with E-state index in [-0.39, 0.29) is 18.5 Å². The first kappa shape index (κ1) is 12.4. The summed E-state index contributed by atoms with van der Waals surface area (Å²) in [7, 11) is 1.73. The molecule has 1 aliphatic rings. The van der Waals surface area contributed by atoms with Crippen molar-refractivity contribution in [2.24, 2.45) is 0 Å². The summed E-state index contributed by atoms with van der Waals surface area (Å²) in [6.45, 7) is 3.08. The van der Waals surface area contributed by atoms with Gasteiger partial charge in [0, 0.05) is 19.3 Å². The van der Waals surface area contributed by atoms with E-state index in [9.17, 15) is 9.59 Å². The molecule has 0 fully saturated rings. The van der Waals surface area contributed by atoms with Crippen molar-refractivity contribution < 1.29 is 9.59 Å². The van der Waals surface area contributed by atoms with Crippen molar-refractivity contribution in [2.45, 2.75) is 13.5 Å². The van der Waals surface area contributed by atoms with E-state index in [0.717, 1.165) is 11.3 Å². The third kappa shape index (κ3) is 2.45. The van der Waals surface area contributed by atoms with Gasteiger partial charge in [0.1, 0.15) is 6.54 Å². The minimum Gasteiger partial charge on any atom is -0.328 e. The Morgan fingerprint density at radius 2 is 2.11 bits per heavy atom. The Labute approximate surface area is 106 Å². The Morgan fingerprint density at radius 3 is 2.83 bits per heavy atom. The Kier molecular flexibility index (Phi) is 3.50. The molecular weight excluding hydrogens is 230 g/mol. The van der Waals surface area contributed by atoms with Crippen molar-refractivity contribution in [3.8, 4) is 0 Å². The molecule has 1 N–H and O–H groups in total. The number of fused-ring (bicyclic) bond motifs is 1. The predicted octanol–water partition coefficient (Wildman–Crippen LogP) is 1.51. The van der Waals surface area contributed by atoms with Crippen LogP contribution >= 0.6 is 0 Å². The summed E-state index contributed by atoms with van der Waals surface area (Å²) in [6, 6.07) is 7.43. The van der Waals surface area contributed by atoms with Gasteiger partial charge in [-0.3, -0.25) is 4.79 Å². The van der Waals surface area contributed by atoms with E-state index in [1.165, 1.54) is 0 Å². The number of benzene rings is 1. The molecule has 0 saturated carbocycles. The van der Waals surface area contributed by atoms with E-state index < -0.39 is 0 Å². The molecule has 18 heavy (non-hydrogen) atoms. The third-order valence-corrected chi connectivity index (χ3v) is 3.06. The molecule has 0 saturated heterocycles. The fraction of sp³-hybridized carbons (Fsp3) is 0.385. The molecule has 1 aromatic rings. The molecular formula is C13H17N3O2. The van der Waals surface area contributed by atoms with Gasteiger partial charge in [0.05, 0.1) is 6.54 Å². The largest absolute Gasteiger partial charge is 0.328 e. The first-order valence-electron chi connectivity index (χ1n) is 5.99. The first-order valence-corrected chi connectivity index (χ1v) is 5.99. The molecule has 0 aliphatic carbocycles. The highest BCUT2D eigenvalue weighted by Gasteiger charge is 2.24. The molecule has 0 bridgehead atoms. The van der Waals surface area contributed by atoms with Crippen molar-refractivity contribution in [3.63, 3.8) is 0 Å². The number of anilines is 1. The van der Waals surface area contributed by atoms with Gasteiger partial charge in [0.15, 0.2) is 0 Å². The van der Waals surface area contributed by atoms with Gasteiger partial charge in [-0.15, -0.1) is 0 Å². The fourth-order valence-corrected chi connectivity index (χ4v) is 1.92. The van der Waals surface area contributed by atoms with E-state index in [4.69, 9.17) is 0 Å². The maximum absolute atomic E-state index is 12.1. The lowest BCUT2D eigenvalue weighted by molar-refractivity contribution is -0.116. The number of hydrogen-bond acceptors (Lipinski definition) is 2. The lowest BCUT2D eigenvalue weighted by Gasteiger charge is -2.25. The summed E-state index contributed by atoms with van der Waals surface area (Å²) in [6.07, 6.45) is 0. The van der Waals surface area contributed by atoms with Crippen LogP contribution in [0.2, 0.25) is 0 Å². The van der Waals surface area contributed by atoms with Crippen LogP contribution in [0.4, 0.5) is 10.5 Å². The highest BCUT2D eigenvalue weighted by atomic mass is 16.2. The highest BCUT2D eigenvalue weighted by Crippen LogP contribution is 2.20. The van der Waals surface area contributed by atoms with Crippen LogP contribution in [-0.4, -0.2) is 41.9 Å². The van der Waals surface area contributed by atoms with Gasteiger partial charge in [-0.25, -0.2) is 4.79 Å². The molecule has 1 aliphatic heterocycles. The summed E-state index contributed by atoms with van der Waals surface area (Å²) in [5, 5.41) is 2.81. The average Bonchev–Trinajstić information content (AvgIpc) is 2.54. The summed E-state index contributed by atoms with van der Waals surface area (Å²) < 4.78 is 0. The zero-order chi connectivity index (χ0) is 13.1. The molecule has 0 atom stereocenters. The van der Waals surface area contributed by atoms with E-state index in [1.54, 1.807) is 16.8 Å². The highest BCUT2D eigenvalue weighted by molar-refractivity contribution is 5.96. The van der Waals surface area contributed by atoms with Crippen molar-refractivity contribution >= 4 is 17.6 Å². The van der Waals surface area contributed by atoms with E-state index in [0.29, 0.717) is 13.1 Å². The molecule has 2 rings (SSSR count). The van der Waals surface area contributed by atoms with Crippen LogP contribution in [0.3, 0.4) is 0 Å². The van der Waals surface area contributed by atoms with Gasteiger partial charge in [0.2, 0.25) is 5.91 Å². The lowest BCUT2D eigenvalue weighted by atomic mass is 10.2. The van der Waals surface area contributed by atoms with Gasteiger partial charge < -0.3 is 15.1 Å². The molecule has 96 valence electrons. The number of nitrogens with one attached hydrogen (secondary N) is 1. The standard InChI is InChI=1S/C13H17N3O2/c1-3-15(2)13(18)16-8-10-6-4-5-7-11(10)14-12(17)9-16/h4-7H,3,8-9H2,1-2H3,(H,14,17). The molecule has 0 unspecified atom stereocenters. The Balaban J connectivity index is 2.25. The average molecular weight is 247 g/mol. The van der Waals surface area contributed by atoms with Crippen LogP contribution < -0.4 is 5.32 Å². The van der Waals surface area contributed by atoms with Crippen molar-refractivity contribution in [1.82, 2.24) is 9.80 Å². The van der Waals surface area contributed by atoms with Gasteiger partial charge in [-0.1, -0.05) is 18.2 Å². The Morgan fingerprint density at radius 1 is 1.39 bits per heavy atom. The fourth-order valence-electron chi connectivity index (χ4n) is 1.92.